The quantitative estimate of drug-likeness (QED) is 0.851. The number of fused-ring (bicyclic) bond motifs is 1. The number of benzene rings is 1. The number of hydrogen-bond acceptors (Lipinski definition) is 3. The molecule has 1 aliphatic carbocycles. The van der Waals surface area contributed by atoms with Crippen molar-refractivity contribution in [2.45, 2.75) is 26.2 Å². The molecular formula is C16H19BrN2O2. The number of carbonyl (C=O) groups is 2. The van der Waals surface area contributed by atoms with E-state index < -0.39 is 0 Å². The van der Waals surface area contributed by atoms with Gasteiger partial charge >= 0.3 is 0 Å². The lowest BCUT2D eigenvalue weighted by atomic mass is 9.76. The Morgan fingerprint density at radius 2 is 1.81 bits per heavy atom. The third-order valence-corrected chi connectivity index (χ3v) is 5.09. The van der Waals surface area contributed by atoms with Gasteiger partial charge in [-0.15, -0.1) is 0 Å². The zero-order chi connectivity index (χ0) is 15.0. The lowest BCUT2D eigenvalue weighted by molar-refractivity contribution is -0.139. The van der Waals surface area contributed by atoms with Gasteiger partial charge in [-0.05, 0) is 49.4 Å². The molecule has 1 saturated carbocycles. The van der Waals surface area contributed by atoms with E-state index in [0.717, 1.165) is 29.4 Å². The van der Waals surface area contributed by atoms with E-state index >= 15 is 0 Å². The van der Waals surface area contributed by atoms with Crippen LogP contribution in [0.4, 0.5) is 5.69 Å². The second-order valence-electron chi connectivity index (χ2n) is 6.08. The molecule has 112 valence electrons. The summed E-state index contributed by atoms with van der Waals surface area (Å²) < 4.78 is 1.00. The van der Waals surface area contributed by atoms with Gasteiger partial charge in [-0.3, -0.25) is 14.5 Å². The van der Waals surface area contributed by atoms with Crippen LogP contribution in [-0.2, 0) is 9.59 Å². The van der Waals surface area contributed by atoms with Crippen molar-refractivity contribution in [1.29, 1.82) is 0 Å². The number of halogens is 1. The van der Waals surface area contributed by atoms with Gasteiger partial charge in [-0.25, -0.2) is 0 Å². The number of amides is 2. The summed E-state index contributed by atoms with van der Waals surface area (Å²) in [6, 6.07) is 7.70. The number of rotatable bonds is 3. The van der Waals surface area contributed by atoms with Crippen LogP contribution in [-0.4, -0.2) is 23.4 Å². The molecule has 0 spiro atoms. The molecule has 2 amide bonds. The van der Waals surface area contributed by atoms with Gasteiger partial charge in [0.1, 0.15) is 0 Å². The van der Waals surface area contributed by atoms with Gasteiger partial charge in [-0.2, -0.15) is 0 Å². The summed E-state index contributed by atoms with van der Waals surface area (Å²) in [6.07, 6.45) is 2.75. The number of nitrogens with one attached hydrogen (secondary N) is 1. The number of hydrogen-bond donors (Lipinski definition) is 1. The Morgan fingerprint density at radius 1 is 1.14 bits per heavy atom. The number of nitrogens with zero attached hydrogens (tertiary/aromatic N) is 1. The fourth-order valence-corrected chi connectivity index (χ4v) is 3.62. The Morgan fingerprint density at radius 3 is 2.52 bits per heavy atom. The first-order valence-corrected chi connectivity index (χ1v) is 8.20. The highest BCUT2D eigenvalue weighted by molar-refractivity contribution is 9.10. The van der Waals surface area contributed by atoms with Gasteiger partial charge in [0, 0.05) is 10.2 Å². The van der Waals surface area contributed by atoms with Crippen molar-refractivity contribution >= 4 is 33.4 Å². The van der Waals surface area contributed by atoms with Gasteiger partial charge in [0.2, 0.25) is 11.8 Å². The van der Waals surface area contributed by atoms with Crippen molar-refractivity contribution in [3.8, 4) is 0 Å². The van der Waals surface area contributed by atoms with Crippen LogP contribution in [0.5, 0.6) is 0 Å². The predicted molar refractivity (Wildman–Crippen MR) is 84.5 cm³/mol. The molecule has 0 aromatic heterocycles. The molecule has 3 atom stereocenters. The molecule has 0 bridgehead atoms. The Kier molecular flexibility index (Phi) is 4.02. The molecule has 1 heterocycles. The lowest BCUT2D eigenvalue weighted by Gasteiger charge is -2.25. The van der Waals surface area contributed by atoms with E-state index in [4.69, 9.17) is 0 Å². The second-order valence-corrected chi connectivity index (χ2v) is 6.99. The predicted octanol–water partition coefficient (Wildman–Crippen LogP) is 3.24. The molecule has 0 unspecified atom stereocenters. The molecule has 3 rings (SSSR count). The fraction of sp³-hybridized carbons (Fsp3) is 0.500. The van der Waals surface area contributed by atoms with Crippen molar-refractivity contribution in [3.05, 3.63) is 28.7 Å². The average Bonchev–Trinajstić information content (AvgIpc) is 2.70. The van der Waals surface area contributed by atoms with Crippen LogP contribution in [0.1, 0.15) is 26.2 Å². The molecule has 2 aliphatic rings. The van der Waals surface area contributed by atoms with E-state index in [1.807, 2.05) is 24.3 Å². The largest absolute Gasteiger partial charge is 0.367 e. The zero-order valence-electron chi connectivity index (χ0n) is 12.0. The number of anilines is 1. The smallest absolute Gasteiger partial charge is 0.234 e. The summed E-state index contributed by atoms with van der Waals surface area (Å²) >= 11 is 3.38. The van der Waals surface area contributed by atoms with E-state index in [1.165, 1.54) is 4.90 Å². The van der Waals surface area contributed by atoms with Gasteiger partial charge in [0.25, 0.3) is 0 Å². The molecule has 2 fully saturated rings. The first-order valence-electron chi connectivity index (χ1n) is 7.41. The number of likely N-dealkylation sites (tertiary alicyclic amines) is 1. The SMILES string of the molecule is C[C@H]1CC[C@@H]2C(=O)N(CNc3ccc(Br)cc3)C(=O)[C@@H]2C1. The number of carbonyl (C=O) groups excluding carboxylic acids is 2. The lowest BCUT2D eigenvalue weighted by Crippen LogP contribution is -2.35. The first kappa shape index (κ1) is 14.6. The minimum Gasteiger partial charge on any atom is -0.367 e. The van der Waals surface area contributed by atoms with Crippen molar-refractivity contribution in [2.24, 2.45) is 17.8 Å². The van der Waals surface area contributed by atoms with Crippen molar-refractivity contribution in [3.63, 3.8) is 0 Å². The molecular weight excluding hydrogens is 332 g/mol. The standard InChI is InChI=1S/C16H19BrN2O2/c1-10-2-7-13-14(8-10)16(21)19(15(13)20)9-18-12-5-3-11(17)4-6-12/h3-6,10,13-14,18H,2,7-9H2,1H3/t10-,13-,14+/m0/s1. The summed E-state index contributed by atoms with van der Waals surface area (Å²) in [5, 5.41) is 3.16. The summed E-state index contributed by atoms with van der Waals surface area (Å²) in [4.78, 5) is 26.2. The van der Waals surface area contributed by atoms with Crippen molar-refractivity contribution in [2.75, 3.05) is 12.0 Å². The van der Waals surface area contributed by atoms with Crippen LogP contribution < -0.4 is 5.32 Å². The van der Waals surface area contributed by atoms with Gasteiger partial charge in [0.15, 0.2) is 0 Å². The Bertz CT molecular complexity index is 558. The van der Waals surface area contributed by atoms with E-state index in [-0.39, 0.29) is 30.3 Å². The Hall–Kier alpha value is -1.36. The molecule has 1 aliphatic heterocycles. The Balaban J connectivity index is 1.67. The van der Waals surface area contributed by atoms with Crippen molar-refractivity contribution in [1.82, 2.24) is 4.90 Å². The minimum absolute atomic E-state index is 0.00108. The molecule has 4 nitrogen and oxygen atoms in total. The minimum atomic E-state index is -0.0898. The van der Waals surface area contributed by atoms with Crippen molar-refractivity contribution < 1.29 is 9.59 Å². The first-order chi connectivity index (χ1) is 10.1. The van der Waals surface area contributed by atoms with Crippen LogP contribution in [0, 0.1) is 17.8 Å². The van der Waals surface area contributed by atoms with E-state index in [1.54, 1.807) is 0 Å². The molecule has 1 saturated heterocycles. The normalized spacial score (nSPS) is 28.7. The van der Waals surface area contributed by atoms with Gasteiger partial charge in [-0.1, -0.05) is 22.9 Å². The zero-order valence-corrected chi connectivity index (χ0v) is 13.6. The fourth-order valence-electron chi connectivity index (χ4n) is 3.35. The van der Waals surface area contributed by atoms with Crippen LogP contribution in [0.3, 0.4) is 0 Å². The van der Waals surface area contributed by atoms with Crippen LogP contribution in [0.15, 0.2) is 28.7 Å². The third-order valence-electron chi connectivity index (χ3n) is 4.56. The topological polar surface area (TPSA) is 49.4 Å². The molecule has 0 radical (unpaired) electrons. The highest BCUT2D eigenvalue weighted by atomic mass is 79.9. The molecule has 5 heteroatoms. The summed E-state index contributed by atoms with van der Waals surface area (Å²) in [7, 11) is 0. The van der Waals surface area contributed by atoms with Crippen LogP contribution >= 0.6 is 15.9 Å². The summed E-state index contributed by atoms with van der Waals surface area (Å²) in [6.45, 7) is 2.43. The maximum atomic E-state index is 12.4. The molecule has 21 heavy (non-hydrogen) atoms. The van der Waals surface area contributed by atoms with Gasteiger partial charge in [0.05, 0.1) is 18.5 Å². The van der Waals surface area contributed by atoms with E-state index in [2.05, 4.69) is 28.2 Å². The van der Waals surface area contributed by atoms with Crippen LogP contribution in [0.2, 0.25) is 0 Å². The second kappa shape index (κ2) is 5.79. The average molecular weight is 351 g/mol. The number of imide groups is 1. The molecule has 1 aromatic rings. The monoisotopic (exact) mass is 350 g/mol. The molecule has 1 N–H and O–H groups in total. The van der Waals surface area contributed by atoms with Gasteiger partial charge < -0.3 is 5.32 Å². The maximum Gasteiger partial charge on any atom is 0.234 e. The van der Waals surface area contributed by atoms with E-state index in [0.29, 0.717) is 5.92 Å². The van der Waals surface area contributed by atoms with Crippen LogP contribution in [0.25, 0.3) is 0 Å². The molecule has 1 aromatic carbocycles. The third kappa shape index (κ3) is 2.84. The highest BCUT2D eigenvalue weighted by Gasteiger charge is 2.49. The van der Waals surface area contributed by atoms with E-state index in [9.17, 15) is 9.59 Å². The highest BCUT2D eigenvalue weighted by Crippen LogP contribution is 2.40. The summed E-state index contributed by atoms with van der Waals surface area (Å²) in [5.74, 6) is 0.374. The summed E-state index contributed by atoms with van der Waals surface area (Å²) in [5.41, 5.74) is 0.905. The maximum absolute atomic E-state index is 12.4. The Labute approximate surface area is 133 Å².